The van der Waals surface area contributed by atoms with Gasteiger partial charge in [-0.3, -0.25) is 4.79 Å². The number of nitrogens with one attached hydrogen (secondary N) is 1. The summed E-state index contributed by atoms with van der Waals surface area (Å²) in [6, 6.07) is 7.18. The van der Waals surface area contributed by atoms with Crippen molar-refractivity contribution in [1.82, 2.24) is 0 Å². The maximum atomic E-state index is 10.9. The van der Waals surface area contributed by atoms with Gasteiger partial charge in [0.1, 0.15) is 12.4 Å². The number of halogens is 1. The third kappa shape index (κ3) is 12.9. The van der Waals surface area contributed by atoms with Gasteiger partial charge in [0.2, 0.25) is 5.91 Å². The Bertz CT molecular complexity index is 471. The van der Waals surface area contributed by atoms with Gasteiger partial charge in [-0.05, 0) is 24.3 Å². The topological polar surface area (TPSA) is 75.3 Å². The maximum absolute atomic E-state index is 10.9. The summed E-state index contributed by atoms with van der Waals surface area (Å²) >= 11 is 5.48. The number of amides is 1. The predicted molar refractivity (Wildman–Crippen MR) is 100 cm³/mol. The fraction of sp³-hybridized carbons (Fsp3) is 0.611. The van der Waals surface area contributed by atoms with Gasteiger partial charge in [0.25, 0.3) is 0 Å². The summed E-state index contributed by atoms with van der Waals surface area (Å²) in [5, 5.41) is 2.70. The predicted octanol–water partition coefficient (Wildman–Crippen LogP) is 2.33. The van der Waals surface area contributed by atoms with Crippen LogP contribution in [0.15, 0.2) is 24.3 Å². The SMILES string of the molecule is CC(=O)Nc1ccc(OCCOCCOCCOCCOCCCl)cc1. The molecule has 148 valence electrons. The number of benzene rings is 1. The first kappa shape index (κ1) is 22.7. The van der Waals surface area contributed by atoms with Crippen LogP contribution in [0.5, 0.6) is 5.75 Å². The highest BCUT2D eigenvalue weighted by molar-refractivity contribution is 6.17. The summed E-state index contributed by atoms with van der Waals surface area (Å²) in [6.45, 7) is 6.10. The van der Waals surface area contributed by atoms with E-state index in [9.17, 15) is 4.79 Å². The molecule has 0 atom stereocenters. The lowest BCUT2D eigenvalue weighted by molar-refractivity contribution is -0.114. The van der Waals surface area contributed by atoms with Crippen molar-refractivity contribution < 1.29 is 28.5 Å². The van der Waals surface area contributed by atoms with Crippen molar-refractivity contribution in [3.05, 3.63) is 24.3 Å². The number of carbonyl (C=O) groups excluding carboxylic acids is 1. The molecule has 1 amide bonds. The second-order valence-electron chi connectivity index (χ2n) is 5.19. The molecular formula is C18H28ClNO6. The molecule has 26 heavy (non-hydrogen) atoms. The Morgan fingerprint density at radius 2 is 1.27 bits per heavy atom. The number of alkyl halides is 1. The van der Waals surface area contributed by atoms with E-state index in [1.165, 1.54) is 6.92 Å². The molecule has 1 N–H and O–H groups in total. The molecule has 7 nitrogen and oxygen atoms in total. The lowest BCUT2D eigenvalue weighted by Gasteiger charge is -2.09. The summed E-state index contributed by atoms with van der Waals surface area (Å²) in [4.78, 5) is 10.9. The van der Waals surface area contributed by atoms with E-state index in [1.54, 1.807) is 24.3 Å². The van der Waals surface area contributed by atoms with Gasteiger partial charge in [0.05, 0.1) is 52.9 Å². The van der Waals surface area contributed by atoms with E-state index in [0.717, 1.165) is 11.4 Å². The van der Waals surface area contributed by atoms with Gasteiger partial charge in [0, 0.05) is 18.5 Å². The Labute approximate surface area is 159 Å². The minimum Gasteiger partial charge on any atom is -0.491 e. The van der Waals surface area contributed by atoms with Crippen molar-refractivity contribution in [3.8, 4) is 5.75 Å². The number of hydrogen-bond acceptors (Lipinski definition) is 6. The molecule has 0 saturated carbocycles. The van der Waals surface area contributed by atoms with Crippen LogP contribution in [0, 0.1) is 0 Å². The van der Waals surface area contributed by atoms with Gasteiger partial charge in [0.15, 0.2) is 0 Å². The van der Waals surface area contributed by atoms with Gasteiger partial charge >= 0.3 is 0 Å². The zero-order chi connectivity index (χ0) is 18.9. The standard InChI is InChI=1S/C18H28ClNO6/c1-16(21)20-17-2-4-18(5-3-17)26-15-14-25-13-12-24-11-10-23-9-8-22-7-6-19/h2-5H,6-15H2,1H3,(H,20,21). The van der Waals surface area contributed by atoms with Gasteiger partial charge < -0.3 is 29.0 Å². The summed E-state index contributed by atoms with van der Waals surface area (Å²) in [5.74, 6) is 1.13. The van der Waals surface area contributed by atoms with Gasteiger partial charge in [-0.2, -0.15) is 0 Å². The molecule has 0 saturated heterocycles. The highest BCUT2D eigenvalue weighted by Crippen LogP contribution is 2.15. The van der Waals surface area contributed by atoms with Crippen LogP contribution in [-0.4, -0.2) is 71.2 Å². The lowest BCUT2D eigenvalue weighted by atomic mass is 10.3. The van der Waals surface area contributed by atoms with Crippen molar-refractivity contribution in [2.45, 2.75) is 6.92 Å². The first-order valence-corrected chi connectivity index (χ1v) is 9.13. The van der Waals surface area contributed by atoms with Gasteiger partial charge in [-0.15, -0.1) is 11.6 Å². The maximum Gasteiger partial charge on any atom is 0.221 e. The smallest absolute Gasteiger partial charge is 0.221 e. The van der Waals surface area contributed by atoms with E-state index in [4.69, 9.17) is 35.3 Å². The second kappa shape index (κ2) is 15.8. The first-order valence-electron chi connectivity index (χ1n) is 8.59. The molecule has 0 aromatic heterocycles. The summed E-state index contributed by atoms with van der Waals surface area (Å²) in [7, 11) is 0. The van der Waals surface area contributed by atoms with E-state index in [2.05, 4.69) is 5.32 Å². The molecule has 0 bridgehead atoms. The Kier molecular flexibility index (Phi) is 13.8. The molecule has 0 radical (unpaired) electrons. The van der Waals surface area contributed by atoms with Crippen LogP contribution in [0.1, 0.15) is 6.92 Å². The molecular weight excluding hydrogens is 362 g/mol. The number of rotatable bonds is 16. The molecule has 0 fully saturated rings. The highest BCUT2D eigenvalue weighted by Gasteiger charge is 1.98. The molecule has 0 unspecified atom stereocenters. The monoisotopic (exact) mass is 389 g/mol. The Morgan fingerprint density at radius 3 is 1.73 bits per heavy atom. The third-order valence-corrected chi connectivity index (χ3v) is 3.16. The van der Waals surface area contributed by atoms with Crippen molar-refractivity contribution in [2.24, 2.45) is 0 Å². The van der Waals surface area contributed by atoms with Crippen molar-refractivity contribution in [1.29, 1.82) is 0 Å². The third-order valence-electron chi connectivity index (χ3n) is 3.01. The van der Waals surface area contributed by atoms with E-state index in [1.807, 2.05) is 0 Å². The first-order chi connectivity index (χ1) is 12.7. The van der Waals surface area contributed by atoms with Crippen LogP contribution in [0.25, 0.3) is 0 Å². The average molecular weight is 390 g/mol. The molecule has 1 aromatic carbocycles. The summed E-state index contributed by atoms with van der Waals surface area (Å²) in [5.41, 5.74) is 0.741. The van der Waals surface area contributed by atoms with Gasteiger partial charge in [-0.1, -0.05) is 0 Å². The molecule has 0 spiro atoms. The largest absolute Gasteiger partial charge is 0.491 e. The van der Waals surface area contributed by atoms with Crippen LogP contribution in [0.3, 0.4) is 0 Å². The molecule has 1 rings (SSSR count). The van der Waals surface area contributed by atoms with Crippen LogP contribution in [-0.2, 0) is 23.7 Å². The molecule has 0 heterocycles. The van der Waals surface area contributed by atoms with Crippen LogP contribution in [0.2, 0.25) is 0 Å². The summed E-state index contributed by atoms with van der Waals surface area (Å²) in [6.07, 6.45) is 0. The van der Waals surface area contributed by atoms with E-state index in [-0.39, 0.29) is 5.91 Å². The molecule has 0 aliphatic carbocycles. The molecule has 1 aromatic rings. The van der Waals surface area contributed by atoms with E-state index in [0.29, 0.717) is 65.3 Å². The summed E-state index contributed by atoms with van der Waals surface area (Å²) < 4.78 is 26.9. The van der Waals surface area contributed by atoms with Crippen molar-refractivity contribution >= 4 is 23.2 Å². The van der Waals surface area contributed by atoms with Crippen LogP contribution >= 0.6 is 11.6 Å². The van der Waals surface area contributed by atoms with E-state index < -0.39 is 0 Å². The Balaban J connectivity index is 1.87. The zero-order valence-electron chi connectivity index (χ0n) is 15.2. The minimum absolute atomic E-state index is 0.0999. The lowest BCUT2D eigenvalue weighted by Crippen LogP contribution is -2.14. The van der Waals surface area contributed by atoms with Crippen molar-refractivity contribution in [3.63, 3.8) is 0 Å². The number of hydrogen-bond donors (Lipinski definition) is 1. The van der Waals surface area contributed by atoms with Crippen LogP contribution in [0.4, 0.5) is 5.69 Å². The minimum atomic E-state index is -0.0999. The zero-order valence-corrected chi connectivity index (χ0v) is 16.0. The number of carbonyl (C=O) groups is 1. The molecule has 0 aliphatic heterocycles. The average Bonchev–Trinajstić information content (AvgIpc) is 2.63. The molecule has 8 heteroatoms. The normalized spacial score (nSPS) is 10.7. The fourth-order valence-corrected chi connectivity index (χ4v) is 1.98. The fourth-order valence-electron chi connectivity index (χ4n) is 1.87. The second-order valence-corrected chi connectivity index (χ2v) is 5.57. The molecule has 0 aliphatic rings. The Hall–Kier alpha value is -1.38. The van der Waals surface area contributed by atoms with Gasteiger partial charge in [-0.25, -0.2) is 0 Å². The highest BCUT2D eigenvalue weighted by atomic mass is 35.5. The van der Waals surface area contributed by atoms with Crippen LogP contribution < -0.4 is 10.1 Å². The number of anilines is 1. The quantitative estimate of drug-likeness (QED) is 0.345. The number of ether oxygens (including phenoxy) is 5. The Morgan fingerprint density at radius 1 is 0.808 bits per heavy atom. The van der Waals surface area contributed by atoms with Crippen molar-refractivity contribution in [2.75, 3.05) is 70.7 Å². The van der Waals surface area contributed by atoms with E-state index >= 15 is 0 Å².